The van der Waals surface area contributed by atoms with Crippen molar-refractivity contribution in [3.8, 4) is 0 Å². The van der Waals surface area contributed by atoms with Crippen LogP contribution in [0.1, 0.15) is 23.6 Å². The van der Waals surface area contributed by atoms with Crippen LogP contribution < -0.4 is 4.90 Å². The molecule has 1 amide bonds. The lowest BCUT2D eigenvalue weighted by Gasteiger charge is -2.23. The molecule has 0 saturated heterocycles. The van der Waals surface area contributed by atoms with Crippen LogP contribution in [0.2, 0.25) is 0 Å². The number of amides is 1. The maximum Gasteiger partial charge on any atom is 0.238 e. The molecule has 0 fully saturated rings. The number of nitrogens with zero attached hydrogens (tertiary/aromatic N) is 1. The summed E-state index contributed by atoms with van der Waals surface area (Å²) >= 11 is 0. The summed E-state index contributed by atoms with van der Waals surface area (Å²) in [5.41, 5.74) is 2.51. The molecule has 2 aromatic carbocycles. The van der Waals surface area contributed by atoms with E-state index in [2.05, 4.69) is 0 Å². The molecule has 1 atom stereocenters. The molecule has 4 nitrogen and oxygen atoms in total. The number of hydrogen-bond acceptors (Lipinski definition) is 3. The number of likely N-dealkylation sites (N-methyl/N-ethyl adjacent to an activating group) is 1. The van der Waals surface area contributed by atoms with Crippen molar-refractivity contribution in [3.63, 3.8) is 0 Å². The van der Waals surface area contributed by atoms with Gasteiger partial charge in [0.05, 0.1) is 16.1 Å². The number of aryl methyl sites for hydroxylation is 2. The summed E-state index contributed by atoms with van der Waals surface area (Å²) in [4.78, 5) is 14.6. The van der Waals surface area contributed by atoms with Crippen LogP contribution in [0.4, 0.5) is 5.69 Å². The van der Waals surface area contributed by atoms with Crippen LogP contribution in [0.25, 0.3) is 0 Å². The fraction of sp³-hybridized carbons (Fsp3) is 0.316. The van der Waals surface area contributed by atoms with Gasteiger partial charge in [-0.3, -0.25) is 4.79 Å². The average Bonchev–Trinajstić information content (AvgIpc) is 2.69. The second-order valence-electron chi connectivity index (χ2n) is 6.79. The van der Waals surface area contributed by atoms with E-state index in [0.717, 1.165) is 22.4 Å². The average molecular weight is 343 g/mol. The van der Waals surface area contributed by atoms with Gasteiger partial charge in [-0.25, -0.2) is 8.42 Å². The molecule has 5 heteroatoms. The van der Waals surface area contributed by atoms with E-state index in [4.69, 9.17) is 0 Å². The van der Waals surface area contributed by atoms with Gasteiger partial charge in [0.15, 0.2) is 9.84 Å². The molecule has 0 aliphatic carbocycles. The van der Waals surface area contributed by atoms with Gasteiger partial charge in [-0.1, -0.05) is 35.4 Å². The molecule has 0 spiro atoms. The van der Waals surface area contributed by atoms with Crippen molar-refractivity contribution >= 4 is 21.4 Å². The SMILES string of the molecule is Cc1ccc(S(=O)(=O)CC2(C)C(=O)N(C)c3ccc(C)cc32)cc1. The molecule has 0 aromatic heterocycles. The largest absolute Gasteiger partial charge is 0.314 e. The van der Waals surface area contributed by atoms with E-state index in [1.807, 2.05) is 32.0 Å². The smallest absolute Gasteiger partial charge is 0.238 e. The van der Waals surface area contributed by atoms with Crippen molar-refractivity contribution in [1.29, 1.82) is 0 Å². The topological polar surface area (TPSA) is 54.5 Å². The van der Waals surface area contributed by atoms with Crippen molar-refractivity contribution in [2.45, 2.75) is 31.1 Å². The number of hydrogen-bond donors (Lipinski definition) is 0. The minimum absolute atomic E-state index is 0.182. The monoisotopic (exact) mass is 343 g/mol. The lowest BCUT2D eigenvalue weighted by atomic mass is 9.85. The maximum absolute atomic E-state index is 12.9. The van der Waals surface area contributed by atoms with Gasteiger partial charge in [0.2, 0.25) is 5.91 Å². The highest BCUT2D eigenvalue weighted by Crippen LogP contribution is 2.43. The second kappa shape index (κ2) is 5.45. The van der Waals surface area contributed by atoms with Gasteiger partial charge in [0, 0.05) is 12.7 Å². The van der Waals surface area contributed by atoms with Gasteiger partial charge < -0.3 is 4.90 Å². The number of anilines is 1. The lowest BCUT2D eigenvalue weighted by molar-refractivity contribution is -0.121. The normalized spacial score (nSPS) is 20.3. The summed E-state index contributed by atoms with van der Waals surface area (Å²) in [6.07, 6.45) is 0. The predicted octanol–water partition coefficient (Wildman–Crippen LogP) is 3.01. The third-order valence-corrected chi connectivity index (χ3v) is 6.69. The molecule has 0 bridgehead atoms. The Balaban J connectivity index is 2.07. The van der Waals surface area contributed by atoms with E-state index in [1.165, 1.54) is 0 Å². The zero-order chi connectivity index (χ0) is 17.7. The summed E-state index contributed by atoms with van der Waals surface area (Å²) in [7, 11) is -1.88. The molecule has 1 heterocycles. The highest BCUT2D eigenvalue weighted by Gasteiger charge is 2.48. The molecule has 1 aliphatic heterocycles. The third kappa shape index (κ3) is 2.53. The first-order valence-corrected chi connectivity index (χ1v) is 9.49. The van der Waals surface area contributed by atoms with Gasteiger partial charge >= 0.3 is 0 Å². The molecule has 126 valence electrons. The van der Waals surface area contributed by atoms with Gasteiger partial charge in [-0.2, -0.15) is 0 Å². The number of carbonyl (C=O) groups excluding carboxylic acids is 1. The molecule has 1 aliphatic rings. The van der Waals surface area contributed by atoms with E-state index < -0.39 is 15.3 Å². The number of sulfone groups is 1. The molecule has 0 radical (unpaired) electrons. The van der Waals surface area contributed by atoms with Crippen LogP contribution in [-0.2, 0) is 20.0 Å². The fourth-order valence-electron chi connectivity index (χ4n) is 3.33. The Bertz CT molecular complexity index is 916. The highest BCUT2D eigenvalue weighted by atomic mass is 32.2. The summed E-state index contributed by atoms with van der Waals surface area (Å²) < 4.78 is 25.8. The van der Waals surface area contributed by atoms with E-state index in [-0.39, 0.29) is 16.6 Å². The third-order valence-electron chi connectivity index (χ3n) is 4.74. The first kappa shape index (κ1) is 16.7. The van der Waals surface area contributed by atoms with Crippen LogP contribution in [0.5, 0.6) is 0 Å². The zero-order valence-corrected chi connectivity index (χ0v) is 15.1. The number of rotatable bonds is 3. The van der Waals surface area contributed by atoms with E-state index in [1.54, 1.807) is 43.1 Å². The zero-order valence-electron chi connectivity index (χ0n) is 14.3. The van der Waals surface area contributed by atoms with Crippen LogP contribution >= 0.6 is 0 Å². The lowest BCUT2D eigenvalue weighted by Crippen LogP contribution is -2.41. The van der Waals surface area contributed by atoms with E-state index in [0.29, 0.717) is 0 Å². The molecular formula is C19H21NO3S. The van der Waals surface area contributed by atoms with Crippen molar-refractivity contribution in [2.24, 2.45) is 0 Å². The van der Waals surface area contributed by atoms with Crippen LogP contribution in [-0.4, -0.2) is 27.1 Å². The fourth-order valence-corrected chi connectivity index (χ4v) is 5.08. The van der Waals surface area contributed by atoms with Crippen molar-refractivity contribution in [2.75, 3.05) is 17.7 Å². The van der Waals surface area contributed by atoms with Crippen LogP contribution in [0, 0.1) is 13.8 Å². The quantitative estimate of drug-likeness (QED) is 0.861. The summed E-state index contributed by atoms with van der Waals surface area (Å²) in [6, 6.07) is 12.5. The minimum atomic E-state index is -3.58. The number of carbonyl (C=O) groups is 1. The van der Waals surface area contributed by atoms with Crippen LogP contribution in [0.15, 0.2) is 47.4 Å². The predicted molar refractivity (Wildman–Crippen MR) is 95.2 cm³/mol. The van der Waals surface area contributed by atoms with Crippen molar-refractivity contribution in [1.82, 2.24) is 0 Å². The maximum atomic E-state index is 12.9. The summed E-state index contributed by atoms with van der Waals surface area (Å²) in [5.74, 6) is -0.415. The Morgan fingerprint density at radius 3 is 2.21 bits per heavy atom. The number of benzene rings is 2. The summed E-state index contributed by atoms with van der Waals surface area (Å²) in [5, 5.41) is 0. The Kier molecular flexibility index (Phi) is 3.79. The first-order valence-electron chi connectivity index (χ1n) is 7.84. The molecular weight excluding hydrogens is 322 g/mol. The van der Waals surface area contributed by atoms with Crippen molar-refractivity contribution < 1.29 is 13.2 Å². The minimum Gasteiger partial charge on any atom is -0.314 e. The Hall–Kier alpha value is -2.14. The Morgan fingerprint density at radius 1 is 1.00 bits per heavy atom. The molecule has 1 unspecified atom stereocenters. The molecule has 0 saturated carbocycles. The van der Waals surface area contributed by atoms with Gasteiger partial charge in [0.25, 0.3) is 0 Å². The second-order valence-corrected chi connectivity index (χ2v) is 8.78. The van der Waals surface area contributed by atoms with Crippen molar-refractivity contribution in [3.05, 3.63) is 59.2 Å². The standard InChI is InChI=1S/C19H21NO3S/c1-13-5-8-15(9-6-13)24(22,23)12-19(3)16-11-14(2)7-10-17(16)20(4)18(19)21/h5-11H,12H2,1-4H3. The van der Waals surface area contributed by atoms with Gasteiger partial charge in [0.1, 0.15) is 0 Å². The van der Waals surface area contributed by atoms with Gasteiger partial charge in [-0.05, 0) is 44.5 Å². The molecule has 2 aromatic rings. The van der Waals surface area contributed by atoms with E-state index >= 15 is 0 Å². The van der Waals surface area contributed by atoms with E-state index in [9.17, 15) is 13.2 Å². The highest BCUT2D eigenvalue weighted by molar-refractivity contribution is 7.91. The molecule has 3 rings (SSSR count). The molecule has 24 heavy (non-hydrogen) atoms. The Morgan fingerprint density at radius 2 is 1.58 bits per heavy atom. The van der Waals surface area contributed by atoms with Crippen LogP contribution in [0.3, 0.4) is 0 Å². The van der Waals surface area contributed by atoms with Gasteiger partial charge in [-0.15, -0.1) is 0 Å². The first-order chi connectivity index (χ1) is 11.1. The number of fused-ring (bicyclic) bond motifs is 1. The Labute approximate surface area is 143 Å². The summed E-state index contributed by atoms with van der Waals surface area (Å²) in [6.45, 7) is 5.58. The molecule has 0 N–H and O–H groups in total.